The van der Waals surface area contributed by atoms with Gasteiger partial charge in [0.2, 0.25) is 11.8 Å². The Balaban J connectivity index is 2.13. The van der Waals surface area contributed by atoms with Gasteiger partial charge in [-0.15, -0.1) is 0 Å². The van der Waals surface area contributed by atoms with Crippen molar-refractivity contribution < 1.29 is 9.59 Å². The summed E-state index contributed by atoms with van der Waals surface area (Å²) in [5, 5.41) is 5.69. The monoisotopic (exact) mass is 339 g/mol. The molecule has 0 saturated carbocycles. The minimum absolute atomic E-state index is 0.223. The lowest BCUT2D eigenvalue weighted by atomic mass is 10.0. The van der Waals surface area contributed by atoms with Gasteiger partial charge in [0.15, 0.2) is 0 Å². The third-order valence-electron chi connectivity index (χ3n) is 4.16. The summed E-state index contributed by atoms with van der Waals surface area (Å²) in [7, 11) is 0. The predicted molar refractivity (Wildman–Crippen MR) is 100.0 cm³/mol. The van der Waals surface area contributed by atoms with Crippen LogP contribution in [-0.2, 0) is 16.0 Å². The second-order valence-electron chi connectivity index (χ2n) is 6.25. The van der Waals surface area contributed by atoms with Crippen molar-refractivity contribution in [1.82, 2.24) is 5.32 Å². The Kier molecular flexibility index (Phi) is 6.71. The molecule has 0 spiro atoms. The second kappa shape index (κ2) is 8.99. The van der Waals surface area contributed by atoms with Gasteiger partial charge < -0.3 is 16.4 Å². The number of benzene rings is 2. The van der Waals surface area contributed by atoms with Gasteiger partial charge in [-0.3, -0.25) is 9.59 Å². The lowest BCUT2D eigenvalue weighted by molar-refractivity contribution is -0.129. The average Bonchev–Trinajstić information content (AvgIpc) is 2.62. The number of hydrogen-bond donors (Lipinski definition) is 3. The number of rotatable bonds is 7. The van der Waals surface area contributed by atoms with Crippen LogP contribution in [0.2, 0.25) is 0 Å². The van der Waals surface area contributed by atoms with Gasteiger partial charge in [-0.05, 0) is 24.6 Å². The van der Waals surface area contributed by atoms with Gasteiger partial charge in [0.1, 0.15) is 6.04 Å². The molecule has 2 aromatic carbocycles. The first kappa shape index (κ1) is 18.7. The van der Waals surface area contributed by atoms with E-state index in [1.165, 1.54) is 0 Å². The first-order valence-electron chi connectivity index (χ1n) is 8.43. The summed E-state index contributed by atoms with van der Waals surface area (Å²) in [6, 6.07) is 17.8. The van der Waals surface area contributed by atoms with E-state index >= 15 is 0 Å². The summed E-state index contributed by atoms with van der Waals surface area (Å²) in [6.07, 6.45) is 0.414. The highest BCUT2D eigenvalue weighted by atomic mass is 16.2. The molecule has 0 aliphatic carbocycles. The fourth-order valence-electron chi connectivity index (χ4n) is 2.35. The van der Waals surface area contributed by atoms with Gasteiger partial charge in [0.25, 0.3) is 0 Å². The number of nitrogens with one attached hydrogen (secondary N) is 2. The number of para-hydroxylation sites is 1. The maximum absolute atomic E-state index is 12.7. The number of amides is 2. The van der Waals surface area contributed by atoms with Crippen molar-refractivity contribution in [3.05, 3.63) is 66.2 Å². The molecule has 2 amide bonds. The minimum Gasteiger partial charge on any atom is -0.344 e. The van der Waals surface area contributed by atoms with E-state index < -0.39 is 6.04 Å². The van der Waals surface area contributed by atoms with Crippen LogP contribution < -0.4 is 16.4 Å². The SMILES string of the molecule is CC(N)C(C)C(=O)NC(Cc1ccccc1)C(=O)Nc1ccccc1. The molecule has 0 radical (unpaired) electrons. The zero-order chi connectivity index (χ0) is 18.2. The first-order valence-corrected chi connectivity index (χ1v) is 8.43. The van der Waals surface area contributed by atoms with Crippen LogP contribution in [0.4, 0.5) is 5.69 Å². The quantitative estimate of drug-likeness (QED) is 0.724. The van der Waals surface area contributed by atoms with Crippen molar-refractivity contribution >= 4 is 17.5 Å². The summed E-state index contributed by atoms with van der Waals surface area (Å²) < 4.78 is 0. The molecule has 25 heavy (non-hydrogen) atoms. The van der Waals surface area contributed by atoms with E-state index in [4.69, 9.17) is 5.73 Å². The van der Waals surface area contributed by atoms with E-state index in [-0.39, 0.29) is 23.8 Å². The Morgan fingerprint density at radius 2 is 1.48 bits per heavy atom. The van der Waals surface area contributed by atoms with E-state index in [1.54, 1.807) is 13.8 Å². The standard InChI is InChI=1S/C20H25N3O2/c1-14(15(2)21)19(24)23-18(13-16-9-5-3-6-10-16)20(25)22-17-11-7-4-8-12-17/h3-12,14-15,18H,13,21H2,1-2H3,(H,22,25)(H,23,24). The highest BCUT2D eigenvalue weighted by molar-refractivity contribution is 5.97. The summed E-state index contributed by atoms with van der Waals surface area (Å²) >= 11 is 0. The Hall–Kier alpha value is -2.66. The number of anilines is 1. The van der Waals surface area contributed by atoms with Crippen LogP contribution >= 0.6 is 0 Å². The van der Waals surface area contributed by atoms with Crippen molar-refractivity contribution in [2.75, 3.05) is 5.32 Å². The second-order valence-corrected chi connectivity index (χ2v) is 6.25. The van der Waals surface area contributed by atoms with Crippen molar-refractivity contribution in [1.29, 1.82) is 0 Å². The van der Waals surface area contributed by atoms with Crippen LogP contribution in [-0.4, -0.2) is 23.9 Å². The third kappa shape index (κ3) is 5.72. The van der Waals surface area contributed by atoms with Crippen molar-refractivity contribution in [2.24, 2.45) is 11.7 Å². The average molecular weight is 339 g/mol. The summed E-state index contributed by atoms with van der Waals surface area (Å²) in [5.74, 6) is -0.845. The molecule has 2 aromatic rings. The Labute approximate surface area is 148 Å². The minimum atomic E-state index is -0.670. The molecule has 3 unspecified atom stereocenters. The van der Waals surface area contributed by atoms with Gasteiger partial charge >= 0.3 is 0 Å². The molecule has 132 valence electrons. The fraction of sp³-hybridized carbons (Fsp3) is 0.300. The first-order chi connectivity index (χ1) is 12.0. The smallest absolute Gasteiger partial charge is 0.247 e. The molecule has 5 nitrogen and oxygen atoms in total. The van der Waals surface area contributed by atoms with E-state index in [2.05, 4.69) is 10.6 Å². The number of nitrogens with two attached hydrogens (primary N) is 1. The van der Waals surface area contributed by atoms with Crippen LogP contribution in [0, 0.1) is 5.92 Å². The van der Waals surface area contributed by atoms with Gasteiger partial charge in [0, 0.05) is 24.1 Å². The van der Waals surface area contributed by atoms with Crippen molar-refractivity contribution in [3.8, 4) is 0 Å². The largest absolute Gasteiger partial charge is 0.344 e. The summed E-state index contributed by atoms with van der Waals surface area (Å²) in [6.45, 7) is 3.54. The molecule has 0 aromatic heterocycles. The van der Waals surface area contributed by atoms with Crippen LogP contribution in [0.25, 0.3) is 0 Å². The molecule has 2 rings (SSSR count). The molecule has 0 heterocycles. The molecule has 0 saturated heterocycles. The number of carbonyl (C=O) groups excluding carboxylic acids is 2. The zero-order valence-electron chi connectivity index (χ0n) is 14.6. The Bertz CT molecular complexity index is 687. The molecular formula is C20H25N3O2. The van der Waals surface area contributed by atoms with Crippen LogP contribution in [0.15, 0.2) is 60.7 Å². The lowest BCUT2D eigenvalue weighted by Crippen LogP contribution is -2.49. The maximum Gasteiger partial charge on any atom is 0.247 e. The van der Waals surface area contributed by atoms with Gasteiger partial charge in [-0.2, -0.15) is 0 Å². The molecule has 0 bridgehead atoms. The summed E-state index contributed by atoms with van der Waals surface area (Å²) in [5.41, 5.74) is 7.47. The van der Waals surface area contributed by atoms with Gasteiger partial charge in [-0.25, -0.2) is 0 Å². The number of carbonyl (C=O) groups is 2. The van der Waals surface area contributed by atoms with E-state index in [0.717, 1.165) is 5.56 Å². The van der Waals surface area contributed by atoms with Crippen molar-refractivity contribution in [3.63, 3.8) is 0 Å². The normalized spacial score (nSPS) is 14.2. The van der Waals surface area contributed by atoms with Gasteiger partial charge in [-0.1, -0.05) is 55.5 Å². The van der Waals surface area contributed by atoms with Gasteiger partial charge in [0.05, 0.1) is 0 Å². The molecule has 0 aliphatic heterocycles. The summed E-state index contributed by atoms with van der Waals surface area (Å²) in [4.78, 5) is 25.1. The van der Waals surface area contributed by atoms with E-state index in [9.17, 15) is 9.59 Å². The van der Waals surface area contributed by atoms with E-state index in [0.29, 0.717) is 12.1 Å². The number of hydrogen-bond acceptors (Lipinski definition) is 3. The highest BCUT2D eigenvalue weighted by Gasteiger charge is 2.25. The van der Waals surface area contributed by atoms with Crippen LogP contribution in [0.3, 0.4) is 0 Å². The predicted octanol–water partition coefficient (Wildman–Crippen LogP) is 2.34. The molecule has 4 N–H and O–H groups in total. The maximum atomic E-state index is 12.7. The van der Waals surface area contributed by atoms with E-state index in [1.807, 2.05) is 60.7 Å². The lowest BCUT2D eigenvalue weighted by Gasteiger charge is -2.22. The molecule has 5 heteroatoms. The Morgan fingerprint density at radius 3 is 2.04 bits per heavy atom. The fourth-order valence-corrected chi connectivity index (χ4v) is 2.35. The molecule has 3 atom stereocenters. The van der Waals surface area contributed by atoms with Crippen LogP contribution in [0.5, 0.6) is 0 Å². The molecule has 0 aliphatic rings. The molecular weight excluding hydrogens is 314 g/mol. The highest BCUT2D eigenvalue weighted by Crippen LogP contribution is 2.10. The Morgan fingerprint density at radius 1 is 0.920 bits per heavy atom. The third-order valence-corrected chi connectivity index (χ3v) is 4.16. The van der Waals surface area contributed by atoms with Crippen molar-refractivity contribution in [2.45, 2.75) is 32.4 Å². The topological polar surface area (TPSA) is 84.2 Å². The molecule has 0 fully saturated rings. The zero-order valence-corrected chi connectivity index (χ0v) is 14.6. The van der Waals surface area contributed by atoms with Crippen LogP contribution in [0.1, 0.15) is 19.4 Å².